The first-order valence-electron chi connectivity index (χ1n) is 6.10. The first-order chi connectivity index (χ1) is 8.71. The molecule has 7 heteroatoms. The average molecular weight is 274 g/mol. The molecule has 0 saturated carbocycles. The number of hydrogen-bond donors (Lipinski definition) is 1. The largest absolute Gasteiger partial charge is 0.385 e. The molecule has 1 heterocycles. The van der Waals surface area contributed by atoms with Crippen molar-refractivity contribution in [1.29, 1.82) is 0 Å². The van der Waals surface area contributed by atoms with Crippen LogP contribution in [0.1, 0.15) is 20.3 Å². The number of aromatic nitrogens is 3. The summed E-state index contributed by atoms with van der Waals surface area (Å²) >= 11 is 5.89. The van der Waals surface area contributed by atoms with Crippen LogP contribution >= 0.6 is 11.6 Å². The van der Waals surface area contributed by atoms with E-state index >= 15 is 0 Å². The van der Waals surface area contributed by atoms with Gasteiger partial charge in [-0.1, -0.05) is 0 Å². The van der Waals surface area contributed by atoms with Gasteiger partial charge in [-0.3, -0.25) is 0 Å². The lowest BCUT2D eigenvalue weighted by Gasteiger charge is -2.18. The Labute approximate surface area is 113 Å². The summed E-state index contributed by atoms with van der Waals surface area (Å²) in [5.74, 6) is 1.11. The van der Waals surface area contributed by atoms with Gasteiger partial charge in [0.25, 0.3) is 0 Å². The minimum atomic E-state index is 0.209. The Balaban J connectivity index is 2.68. The number of ether oxygens (including phenoxy) is 1. The molecule has 18 heavy (non-hydrogen) atoms. The number of nitrogens with one attached hydrogen (secondary N) is 1. The van der Waals surface area contributed by atoms with E-state index in [0.717, 1.165) is 26.1 Å². The molecule has 6 nitrogen and oxygen atoms in total. The van der Waals surface area contributed by atoms with E-state index in [9.17, 15) is 0 Å². The Hall–Kier alpha value is -1.14. The number of hydrogen-bond acceptors (Lipinski definition) is 6. The van der Waals surface area contributed by atoms with E-state index in [2.05, 4.69) is 20.3 Å². The monoisotopic (exact) mass is 273 g/mol. The van der Waals surface area contributed by atoms with Crippen LogP contribution in [0.3, 0.4) is 0 Å². The standard InChI is InChI=1S/C11H20ClN5O/c1-4-17(5-2)11-15-9(12)14-10(16-11)13-7-6-8-18-3/h4-8H2,1-3H3,(H,13,14,15,16). The number of rotatable bonds is 8. The second kappa shape index (κ2) is 8.05. The van der Waals surface area contributed by atoms with Crippen molar-refractivity contribution < 1.29 is 4.74 Å². The SMILES string of the molecule is CCN(CC)c1nc(Cl)nc(NCCCOC)n1. The maximum Gasteiger partial charge on any atom is 0.231 e. The van der Waals surface area contributed by atoms with Gasteiger partial charge in [0, 0.05) is 33.4 Å². The van der Waals surface area contributed by atoms with Crippen LogP contribution in [-0.4, -0.2) is 48.3 Å². The zero-order valence-electron chi connectivity index (χ0n) is 11.1. The highest BCUT2D eigenvalue weighted by Gasteiger charge is 2.09. The lowest BCUT2D eigenvalue weighted by molar-refractivity contribution is 0.197. The average Bonchev–Trinajstić information content (AvgIpc) is 2.36. The molecule has 0 fully saturated rings. The Morgan fingerprint density at radius 3 is 2.56 bits per heavy atom. The van der Waals surface area contributed by atoms with E-state index in [1.54, 1.807) is 7.11 Å². The van der Waals surface area contributed by atoms with Crippen LogP contribution in [0.5, 0.6) is 0 Å². The highest BCUT2D eigenvalue weighted by atomic mass is 35.5. The molecule has 0 radical (unpaired) electrons. The fraction of sp³-hybridized carbons (Fsp3) is 0.727. The molecule has 1 aromatic rings. The molecule has 0 aliphatic heterocycles. The van der Waals surface area contributed by atoms with Crippen LogP contribution in [0, 0.1) is 0 Å². The van der Waals surface area contributed by atoms with Crippen LogP contribution in [-0.2, 0) is 4.74 Å². The van der Waals surface area contributed by atoms with E-state index < -0.39 is 0 Å². The fourth-order valence-electron chi connectivity index (χ4n) is 1.48. The van der Waals surface area contributed by atoms with Gasteiger partial charge >= 0.3 is 0 Å². The van der Waals surface area contributed by atoms with Crippen molar-refractivity contribution >= 4 is 23.5 Å². The zero-order valence-corrected chi connectivity index (χ0v) is 11.9. The van der Waals surface area contributed by atoms with Crippen molar-refractivity contribution in [3.05, 3.63) is 5.28 Å². The molecule has 0 unspecified atom stereocenters. The Bertz CT molecular complexity index is 359. The summed E-state index contributed by atoms with van der Waals surface area (Å²) in [6.45, 7) is 7.21. The van der Waals surface area contributed by atoms with Crippen LogP contribution in [0.25, 0.3) is 0 Å². The fourth-order valence-corrected chi connectivity index (χ4v) is 1.64. The molecule has 0 aliphatic rings. The molecule has 102 valence electrons. The van der Waals surface area contributed by atoms with Crippen molar-refractivity contribution in [1.82, 2.24) is 15.0 Å². The normalized spacial score (nSPS) is 10.4. The second-order valence-corrected chi connectivity index (χ2v) is 4.01. The van der Waals surface area contributed by atoms with Crippen molar-refractivity contribution in [3.63, 3.8) is 0 Å². The van der Waals surface area contributed by atoms with Crippen LogP contribution in [0.4, 0.5) is 11.9 Å². The van der Waals surface area contributed by atoms with E-state index in [1.165, 1.54) is 0 Å². The summed E-state index contributed by atoms with van der Waals surface area (Å²) in [5, 5.41) is 3.32. The summed E-state index contributed by atoms with van der Waals surface area (Å²) in [6, 6.07) is 0. The van der Waals surface area contributed by atoms with Crippen molar-refractivity contribution in [2.75, 3.05) is 43.6 Å². The van der Waals surface area contributed by atoms with Gasteiger partial charge in [0.1, 0.15) is 0 Å². The van der Waals surface area contributed by atoms with E-state index in [0.29, 0.717) is 18.5 Å². The predicted molar refractivity (Wildman–Crippen MR) is 73.4 cm³/mol. The Morgan fingerprint density at radius 1 is 1.22 bits per heavy atom. The minimum Gasteiger partial charge on any atom is -0.385 e. The third-order valence-corrected chi connectivity index (χ3v) is 2.62. The first-order valence-corrected chi connectivity index (χ1v) is 6.48. The summed E-state index contributed by atoms with van der Waals surface area (Å²) in [5.41, 5.74) is 0. The van der Waals surface area contributed by atoms with E-state index in [-0.39, 0.29) is 5.28 Å². The number of methoxy groups -OCH3 is 1. The second-order valence-electron chi connectivity index (χ2n) is 3.67. The number of nitrogens with zero attached hydrogens (tertiary/aromatic N) is 4. The number of halogens is 1. The third kappa shape index (κ3) is 4.62. The summed E-state index contributed by atoms with van der Waals surface area (Å²) < 4.78 is 4.97. The molecule has 1 rings (SSSR count). The van der Waals surface area contributed by atoms with Gasteiger partial charge in [-0.15, -0.1) is 0 Å². The van der Waals surface area contributed by atoms with Gasteiger partial charge in [-0.2, -0.15) is 15.0 Å². The highest BCUT2D eigenvalue weighted by Crippen LogP contribution is 2.13. The lowest BCUT2D eigenvalue weighted by atomic mass is 10.4. The van der Waals surface area contributed by atoms with Gasteiger partial charge in [-0.25, -0.2) is 0 Å². The van der Waals surface area contributed by atoms with Gasteiger partial charge in [0.15, 0.2) is 0 Å². The van der Waals surface area contributed by atoms with Crippen LogP contribution in [0.2, 0.25) is 5.28 Å². The molecular weight excluding hydrogens is 254 g/mol. The molecule has 1 N–H and O–H groups in total. The van der Waals surface area contributed by atoms with Crippen LogP contribution < -0.4 is 10.2 Å². The molecule has 0 spiro atoms. The highest BCUT2D eigenvalue weighted by molar-refractivity contribution is 6.28. The summed E-state index contributed by atoms with van der Waals surface area (Å²) in [6.07, 6.45) is 0.889. The van der Waals surface area contributed by atoms with Gasteiger partial charge in [0.05, 0.1) is 0 Å². The lowest BCUT2D eigenvalue weighted by Crippen LogP contribution is -2.25. The molecule has 1 aromatic heterocycles. The molecule has 0 aromatic carbocycles. The summed E-state index contributed by atoms with van der Waals surface area (Å²) in [7, 11) is 1.68. The third-order valence-electron chi connectivity index (χ3n) is 2.45. The molecule has 0 aliphatic carbocycles. The predicted octanol–water partition coefficient (Wildman–Crippen LogP) is 1.82. The quantitative estimate of drug-likeness (QED) is 0.729. The molecule has 0 bridgehead atoms. The van der Waals surface area contributed by atoms with Gasteiger partial charge < -0.3 is 15.0 Å². The Morgan fingerprint density at radius 2 is 1.94 bits per heavy atom. The maximum atomic E-state index is 5.89. The van der Waals surface area contributed by atoms with Crippen molar-refractivity contribution in [3.8, 4) is 0 Å². The smallest absolute Gasteiger partial charge is 0.231 e. The molecule has 0 amide bonds. The number of anilines is 2. The zero-order chi connectivity index (χ0) is 13.4. The minimum absolute atomic E-state index is 0.209. The van der Waals surface area contributed by atoms with Gasteiger partial charge in [0.2, 0.25) is 17.2 Å². The van der Waals surface area contributed by atoms with E-state index in [1.807, 2.05) is 18.7 Å². The van der Waals surface area contributed by atoms with Crippen molar-refractivity contribution in [2.24, 2.45) is 0 Å². The topological polar surface area (TPSA) is 63.2 Å². The maximum absolute atomic E-state index is 5.89. The molecular formula is C11H20ClN5O. The molecule has 0 saturated heterocycles. The van der Waals surface area contributed by atoms with Crippen LogP contribution in [0.15, 0.2) is 0 Å². The molecule has 0 atom stereocenters. The van der Waals surface area contributed by atoms with Crippen molar-refractivity contribution in [2.45, 2.75) is 20.3 Å². The van der Waals surface area contributed by atoms with Gasteiger partial charge in [-0.05, 0) is 31.9 Å². The first kappa shape index (κ1) is 14.9. The van der Waals surface area contributed by atoms with E-state index in [4.69, 9.17) is 16.3 Å². The summed E-state index contributed by atoms with van der Waals surface area (Å²) in [4.78, 5) is 14.5. The Kier molecular flexibility index (Phi) is 6.67.